The molecule has 0 aromatic carbocycles. The van der Waals surface area contributed by atoms with Crippen LogP contribution in [0.15, 0.2) is 0 Å². The van der Waals surface area contributed by atoms with Crippen LogP contribution in [-0.2, 0) is 0 Å². The van der Waals surface area contributed by atoms with Crippen molar-refractivity contribution in [2.45, 2.75) is 59.5 Å². The Morgan fingerprint density at radius 3 is 2.00 bits per heavy atom. The minimum Gasteiger partial charge on any atom is -0.393 e. The summed E-state index contributed by atoms with van der Waals surface area (Å²) in [5.41, 5.74) is 0. The molecule has 2 unspecified atom stereocenters. The van der Waals surface area contributed by atoms with E-state index in [1.54, 1.807) is 0 Å². The van der Waals surface area contributed by atoms with E-state index in [4.69, 9.17) is 0 Å². The minimum absolute atomic E-state index is 0.0752. The lowest BCUT2D eigenvalue weighted by atomic mass is 9.93. The van der Waals surface area contributed by atoms with Gasteiger partial charge in [-0.3, -0.25) is 0 Å². The summed E-state index contributed by atoms with van der Waals surface area (Å²) in [6.07, 6.45) is 4.38. The average molecular weight is 172 g/mol. The number of hydrogen-bond acceptors (Lipinski definition) is 1. The van der Waals surface area contributed by atoms with Crippen molar-refractivity contribution in [3.05, 3.63) is 0 Å². The highest BCUT2D eigenvalue weighted by Gasteiger charge is 2.12. The van der Waals surface area contributed by atoms with Crippen LogP contribution in [0, 0.1) is 11.8 Å². The Kier molecular flexibility index (Phi) is 6.45. The predicted molar refractivity (Wildman–Crippen MR) is 54.2 cm³/mol. The monoisotopic (exact) mass is 172 g/mol. The van der Waals surface area contributed by atoms with Crippen molar-refractivity contribution in [3.63, 3.8) is 0 Å². The third kappa shape index (κ3) is 5.59. The SMILES string of the molecule is CCCC(O)C(C)CCC(C)C. The highest BCUT2D eigenvalue weighted by atomic mass is 16.3. The minimum atomic E-state index is -0.0752. The van der Waals surface area contributed by atoms with Gasteiger partial charge in [0.1, 0.15) is 0 Å². The number of rotatable bonds is 6. The molecule has 1 heteroatoms. The Labute approximate surface area is 77.2 Å². The van der Waals surface area contributed by atoms with Crippen LogP contribution in [0.1, 0.15) is 53.4 Å². The Balaban J connectivity index is 3.49. The van der Waals surface area contributed by atoms with E-state index in [0.29, 0.717) is 5.92 Å². The summed E-state index contributed by atoms with van der Waals surface area (Å²) in [5.74, 6) is 1.24. The normalized spacial score (nSPS) is 16.5. The summed E-state index contributed by atoms with van der Waals surface area (Å²) in [6.45, 7) is 8.75. The van der Waals surface area contributed by atoms with E-state index in [0.717, 1.165) is 18.8 Å². The van der Waals surface area contributed by atoms with E-state index >= 15 is 0 Å². The summed E-state index contributed by atoms with van der Waals surface area (Å²) >= 11 is 0. The van der Waals surface area contributed by atoms with Gasteiger partial charge in [0.25, 0.3) is 0 Å². The van der Waals surface area contributed by atoms with Crippen LogP contribution in [-0.4, -0.2) is 11.2 Å². The smallest absolute Gasteiger partial charge is 0.0565 e. The topological polar surface area (TPSA) is 20.2 Å². The van der Waals surface area contributed by atoms with Gasteiger partial charge in [-0.1, -0.05) is 40.5 Å². The van der Waals surface area contributed by atoms with Crippen LogP contribution in [0.25, 0.3) is 0 Å². The maximum atomic E-state index is 9.63. The van der Waals surface area contributed by atoms with Gasteiger partial charge in [0.2, 0.25) is 0 Å². The Morgan fingerprint density at radius 2 is 1.58 bits per heavy atom. The van der Waals surface area contributed by atoms with Gasteiger partial charge in [0.15, 0.2) is 0 Å². The molecule has 0 saturated carbocycles. The van der Waals surface area contributed by atoms with Crippen molar-refractivity contribution in [1.82, 2.24) is 0 Å². The van der Waals surface area contributed by atoms with Gasteiger partial charge in [0, 0.05) is 0 Å². The molecule has 2 atom stereocenters. The van der Waals surface area contributed by atoms with Crippen LogP contribution in [0.5, 0.6) is 0 Å². The fourth-order valence-corrected chi connectivity index (χ4v) is 1.37. The molecule has 0 saturated heterocycles. The van der Waals surface area contributed by atoms with Crippen molar-refractivity contribution in [3.8, 4) is 0 Å². The van der Waals surface area contributed by atoms with E-state index in [1.807, 2.05) is 0 Å². The molecule has 0 aliphatic rings. The molecular weight excluding hydrogens is 148 g/mol. The van der Waals surface area contributed by atoms with E-state index < -0.39 is 0 Å². The maximum Gasteiger partial charge on any atom is 0.0565 e. The van der Waals surface area contributed by atoms with Crippen molar-refractivity contribution >= 4 is 0 Å². The van der Waals surface area contributed by atoms with Gasteiger partial charge in [-0.2, -0.15) is 0 Å². The zero-order valence-electron chi connectivity index (χ0n) is 9.01. The van der Waals surface area contributed by atoms with Gasteiger partial charge in [0.05, 0.1) is 6.10 Å². The van der Waals surface area contributed by atoms with Crippen LogP contribution >= 0.6 is 0 Å². The molecule has 0 heterocycles. The summed E-state index contributed by atoms with van der Waals surface area (Å²) in [4.78, 5) is 0. The van der Waals surface area contributed by atoms with Crippen LogP contribution in [0.2, 0.25) is 0 Å². The van der Waals surface area contributed by atoms with Crippen LogP contribution in [0.3, 0.4) is 0 Å². The standard InChI is InChI=1S/C11H24O/c1-5-6-11(12)10(4)8-7-9(2)3/h9-12H,5-8H2,1-4H3. The Hall–Kier alpha value is -0.0400. The molecule has 0 fully saturated rings. The molecule has 0 aliphatic heterocycles. The summed E-state index contributed by atoms with van der Waals surface area (Å²) in [6, 6.07) is 0. The molecule has 1 nitrogen and oxygen atoms in total. The van der Waals surface area contributed by atoms with Crippen molar-refractivity contribution < 1.29 is 5.11 Å². The highest BCUT2D eigenvalue weighted by Crippen LogP contribution is 2.17. The lowest BCUT2D eigenvalue weighted by molar-refractivity contribution is 0.0992. The van der Waals surface area contributed by atoms with E-state index in [1.165, 1.54) is 12.8 Å². The molecule has 0 amide bonds. The van der Waals surface area contributed by atoms with Crippen molar-refractivity contribution in [2.24, 2.45) is 11.8 Å². The zero-order chi connectivity index (χ0) is 9.56. The van der Waals surface area contributed by atoms with Crippen LogP contribution in [0.4, 0.5) is 0 Å². The second kappa shape index (κ2) is 6.47. The lowest BCUT2D eigenvalue weighted by Crippen LogP contribution is -2.17. The molecular formula is C11H24O. The first-order valence-electron chi connectivity index (χ1n) is 5.26. The first kappa shape index (κ1) is 12.0. The van der Waals surface area contributed by atoms with Crippen LogP contribution < -0.4 is 0 Å². The van der Waals surface area contributed by atoms with E-state index in [-0.39, 0.29) is 6.10 Å². The fourth-order valence-electron chi connectivity index (χ4n) is 1.37. The third-order valence-corrected chi connectivity index (χ3v) is 2.44. The third-order valence-electron chi connectivity index (χ3n) is 2.44. The Morgan fingerprint density at radius 1 is 1.00 bits per heavy atom. The number of aliphatic hydroxyl groups excluding tert-OH is 1. The Bertz CT molecular complexity index is 99.2. The number of aliphatic hydroxyl groups is 1. The highest BCUT2D eigenvalue weighted by molar-refractivity contribution is 4.64. The quantitative estimate of drug-likeness (QED) is 0.652. The first-order valence-corrected chi connectivity index (χ1v) is 5.26. The second-order valence-electron chi connectivity index (χ2n) is 4.30. The summed E-state index contributed by atoms with van der Waals surface area (Å²) < 4.78 is 0. The first-order chi connectivity index (χ1) is 5.57. The molecule has 1 N–H and O–H groups in total. The largest absolute Gasteiger partial charge is 0.393 e. The molecule has 12 heavy (non-hydrogen) atoms. The summed E-state index contributed by atoms with van der Waals surface area (Å²) in [5, 5.41) is 9.63. The van der Waals surface area contributed by atoms with Crippen molar-refractivity contribution in [1.29, 1.82) is 0 Å². The van der Waals surface area contributed by atoms with Gasteiger partial charge in [-0.05, 0) is 24.7 Å². The molecule has 0 spiro atoms. The number of hydrogen-bond donors (Lipinski definition) is 1. The fraction of sp³-hybridized carbons (Fsp3) is 1.00. The van der Waals surface area contributed by atoms with Crippen molar-refractivity contribution in [2.75, 3.05) is 0 Å². The van der Waals surface area contributed by atoms with Gasteiger partial charge in [-0.15, -0.1) is 0 Å². The molecule has 74 valence electrons. The molecule has 0 rings (SSSR count). The maximum absolute atomic E-state index is 9.63. The zero-order valence-corrected chi connectivity index (χ0v) is 9.01. The second-order valence-corrected chi connectivity index (χ2v) is 4.30. The average Bonchev–Trinajstić information content (AvgIpc) is 2.00. The van der Waals surface area contributed by atoms with Gasteiger partial charge >= 0.3 is 0 Å². The summed E-state index contributed by atoms with van der Waals surface area (Å²) in [7, 11) is 0. The van der Waals surface area contributed by atoms with E-state index in [2.05, 4.69) is 27.7 Å². The molecule has 0 radical (unpaired) electrons. The van der Waals surface area contributed by atoms with Gasteiger partial charge in [-0.25, -0.2) is 0 Å². The lowest BCUT2D eigenvalue weighted by Gasteiger charge is -2.18. The molecule has 0 aromatic rings. The molecule has 0 bridgehead atoms. The predicted octanol–water partition coefficient (Wildman–Crippen LogP) is 3.22. The molecule has 0 aliphatic carbocycles. The van der Waals surface area contributed by atoms with E-state index in [9.17, 15) is 5.11 Å². The van der Waals surface area contributed by atoms with Gasteiger partial charge < -0.3 is 5.11 Å². The molecule has 0 aromatic heterocycles.